The van der Waals surface area contributed by atoms with Crippen molar-refractivity contribution in [1.82, 2.24) is 9.88 Å². The average molecular weight is 328 g/mol. The van der Waals surface area contributed by atoms with Crippen LogP contribution in [0.3, 0.4) is 0 Å². The summed E-state index contributed by atoms with van der Waals surface area (Å²) in [6.07, 6.45) is 4.35. The van der Waals surface area contributed by atoms with Gasteiger partial charge in [-0.25, -0.2) is 9.78 Å². The third kappa shape index (κ3) is 3.45. The van der Waals surface area contributed by atoms with Gasteiger partial charge in [-0.15, -0.1) is 0 Å². The van der Waals surface area contributed by atoms with Crippen LogP contribution in [0.1, 0.15) is 45.6 Å². The van der Waals surface area contributed by atoms with E-state index in [1.54, 1.807) is 12.3 Å². The molecule has 0 unspecified atom stereocenters. The van der Waals surface area contributed by atoms with E-state index in [4.69, 9.17) is 10.00 Å². The number of carbonyl (C=O) groups is 1. The quantitative estimate of drug-likeness (QED) is 0.793. The van der Waals surface area contributed by atoms with Crippen molar-refractivity contribution in [2.24, 2.45) is 0 Å². The number of nitriles is 1. The first-order valence-electron chi connectivity index (χ1n) is 8.50. The van der Waals surface area contributed by atoms with E-state index in [2.05, 4.69) is 16.0 Å². The zero-order valence-electron chi connectivity index (χ0n) is 14.5. The lowest BCUT2D eigenvalue weighted by molar-refractivity contribution is 0.0163. The summed E-state index contributed by atoms with van der Waals surface area (Å²) in [6, 6.07) is 6.16. The second kappa shape index (κ2) is 6.31. The van der Waals surface area contributed by atoms with Gasteiger partial charge >= 0.3 is 6.09 Å². The highest BCUT2D eigenvalue weighted by atomic mass is 16.6. The lowest BCUT2D eigenvalue weighted by atomic mass is 10.1. The minimum Gasteiger partial charge on any atom is -0.444 e. The molecule has 1 amide bonds. The fourth-order valence-corrected chi connectivity index (χ4v) is 3.53. The van der Waals surface area contributed by atoms with Crippen LogP contribution in [-0.2, 0) is 4.74 Å². The zero-order chi connectivity index (χ0) is 17.3. The van der Waals surface area contributed by atoms with Crippen LogP contribution < -0.4 is 4.90 Å². The van der Waals surface area contributed by atoms with E-state index in [-0.39, 0.29) is 18.2 Å². The highest BCUT2D eigenvalue weighted by Gasteiger charge is 2.42. The standard InChI is InChI=1S/C18H24N4O2/c1-18(2,3)24-17(23)22-14-5-6-15(22)12-21(9-8-14)16-7-4-13(10-19)11-20-16/h4,7,11,14-15H,5-6,8-9,12H2,1-3H3/t14-,15-/m0/s1. The summed E-state index contributed by atoms with van der Waals surface area (Å²) >= 11 is 0. The summed E-state index contributed by atoms with van der Waals surface area (Å²) in [7, 11) is 0. The highest BCUT2D eigenvalue weighted by Crippen LogP contribution is 2.33. The van der Waals surface area contributed by atoms with Crippen LogP contribution in [0.15, 0.2) is 18.3 Å². The van der Waals surface area contributed by atoms with Crippen LogP contribution in [0.25, 0.3) is 0 Å². The van der Waals surface area contributed by atoms with Gasteiger partial charge in [0, 0.05) is 25.3 Å². The number of aromatic nitrogens is 1. The normalized spacial score (nSPS) is 23.6. The maximum Gasteiger partial charge on any atom is 0.410 e. The predicted octanol–water partition coefficient (Wildman–Crippen LogP) is 2.93. The molecule has 6 nitrogen and oxygen atoms in total. The van der Waals surface area contributed by atoms with Gasteiger partial charge in [0.15, 0.2) is 0 Å². The summed E-state index contributed by atoms with van der Waals surface area (Å²) < 4.78 is 5.60. The number of hydrogen-bond donors (Lipinski definition) is 0. The van der Waals surface area contributed by atoms with Gasteiger partial charge in [0.25, 0.3) is 0 Å². The molecule has 2 aliphatic heterocycles. The first-order valence-corrected chi connectivity index (χ1v) is 8.50. The molecule has 2 saturated heterocycles. The molecule has 2 bridgehead atoms. The lowest BCUT2D eigenvalue weighted by Crippen LogP contribution is -2.45. The molecule has 0 saturated carbocycles. The molecule has 0 spiro atoms. The van der Waals surface area contributed by atoms with Crippen LogP contribution in [0.2, 0.25) is 0 Å². The van der Waals surface area contributed by atoms with Gasteiger partial charge in [0.05, 0.1) is 11.6 Å². The molecule has 24 heavy (non-hydrogen) atoms. The van der Waals surface area contributed by atoms with Crippen molar-refractivity contribution in [3.05, 3.63) is 23.9 Å². The monoisotopic (exact) mass is 328 g/mol. The molecular weight excluding hydrogens is 304 g/mol. The molecule has 2 aliphatic rings. The molecule has 128 valence electrons. The Morgan fingerprint density at radius 1 is 1.29 bits per heavy atom. The Kier molecular flexibility index (Phi) is 4.35. The Morgan fingerprint density at radius 2 is 2.04 bits per heavy atom. The molecule has 3 rings (SSSR count). The van der Waals surface area contributed by atoms with Gasteiger partial charge in [0.2, 0.25) is 0 Å². The number of carbonyl (C=O) groups excluding carboxylic acids is 1. The first kappa shape index (κ1) is 16.6. The topological polar surface area (TPSA) is 69.5 Å². The van der Waals surface area contributed by atoms with Crippen molar-refractivity contribution in [2.75, 3.05) is 18.0 Å². The van der Waals surface area contributed by atoms with Crippen molar-refractivity contribution in [1.29, 1.82) is 5.26 Å². The predicted molar refractivity (Wildman–Crippen MR) is 90.7 cm³/mol. The SMILES string of the molecule is CC(C)(C)OC(=O)N1[C@H]2CC[C@H]1CN(c1ccc(C#N)cn1)CC2. The van der Waals surface area contributed by atoms with Gasteiger partial charge in [-0.1, -0.05) is 0 Å². The molecule has 6 heteroatoms. The Balaban J connectivity index is 1.74. The third-order valence-corrected chi connectivity index (χ3v) is 4.59. The lowest BCUT2D eigenvalue weighted by Gasteiger charge is -2.31. The number of rotatable bonds is 1. The number of ether oxygens (including phenoxy) is 1. The third-order valence-electron chi connectivity index (χ3n) is 4.59. The van der Waals surface area contributed by atoms with Gasteiger partial charge in [-0.3, -0.25) is 0 Å². The molecule has 2 fully saturated rings. The van der Waals surface area contributed by atoms with E-state index in [1.807, 2.05) is 31.7 Å². The first-order chi connectivity index (χ1) is 11.4. The van der Waals surface area contributed by atoms with Crippen molar-refractivity contribution in [3.63, 3.8) is 0 Å². The number of hydrogen-bond acceptors (Lipinski definition) is 5. The molecule has 0 aromatic carbocycles. The number of anilines is 1. The molecule has 1 aromatic rings. The van der Waals surface area contributed by atoms with Crippen molar-refractivity contribution >= 4 is 11.9 Å². The van der Waals surface area contributed by atoms with Gasteiger partial charge in [-0.05, 0) is 52.2 Å². The largest absolute Gasteiger partial charge is 0.444 e. The summed E-state index contributed by atoms with van der Waals surface area (Å²) in [6.45, 7) is 7.32. The average Bonchev–Trinajstić information content (AvgIpc) is 2.80. The Labute approximate surface area is 143 Å². The minimum atomic E-state index is -0.475. The van der Waals surface area contributed by atoms with Crippen LogP contribution in [0, 0.1) is 11.3 Å². The number of fused-ring (bicyclic) bond motifs is 2. The summed E-state index contributed by atoms with van der Waals surface area (Å²) in [5.41, 5.74) is 0.0856. The molecule has 0 aliphatic carbocycles. The number of amides is 1. The molecular formula is C18H24N4O2. The van der Waals surface area contributed by atoms with Crippen LogP contribution in [-0.4, -0.2) is 46.8 Å². The van der Waals surface area contributed by atoms with Crippen LogP contribution >= 0.6 is 0 Å². The minimum absolute atomic E-state index is 0.157. The summed E-state index contributed by atoms with van der Waals surface area (Å²) in [5.74, 6) is 0.866. The van der Waals surface area contributed by atoms with Gasteiger partial charge < -0.3 is 14.5 Å². The van der Waals surface area contributed by atoms with E-state index in [0.717, 1.165) is 38.2 Å². The van der Waals surface area contributed by atoms with Crippen LogP contribution in [0.5, 0.6) is 0 Å². The number of pyridine rings is 1. The maximum atomic E-state index is 12.6. The van der Waals surface area contributed by atoms with Gasteiger partial charge in [-0.2, -0.15) is 5.26 Å². The van der Waals surface area contributed by atoms with E-state index in [1.165, 1.54) is 0 Å². The fraction of sp³-hybridized carbons (Fsp3) is 0.611. The summed E-state index contributed by atoms with van der Waals surface area (Å²) in [5, 5.41) is 8.90. The number of nitrogens with zero attached hydrogens (tertiary/aromatic N) is 4. The van der Waals surface area contributed by atoms with E-state index >= 15 is 0 Å². The smallest absolute Gasteiger partial charge is 0.410 e. The Morgan fingerprint density at radius 3 is 2.67 bits per heavy atom. The zero-order valence-corrected chi connectivity index (χ0v) is 14.5. The second-order valence-electron chi connectivity index (χ2n) is 7.52. The maximum absolute atomic E-state index is 12.6. The van der Waals surface area contributed by atoms with E-state index < -0.39 is 5.60 Å². The Hall–Kier alpha value is -2.29. The highest BCUT2D eigenvalue weighted by molar-refractivity contribution is 5.70. The van der Waals surface area contributed by atoms with Crippen molar-refractivity contribution in [3.8, 4) is 6.07 Å². The van der Waals surface area contributed by atoms with Crippen LogP contribution in [0.4, 0.5) is 10.6 Å². The molecule has 3 heterocycles. The molecule has 1 aromatic heterocycles. The summed E-state index contributed by atoms with van der Waals surface area (Å²) in [4.78, 5) is 21.1. The van der Waals surface area contributed by atoms with E-state index in [9.17, 15) is 4.79 Å². The molecule has 0 N–H and O–H groups in total. The van der Waals surface area contributed by atoms with Crippen molar-refractivity contribution < 1.29 is 9.53 Å². The Bertz CT molecular complexity index is 644. The fourth-order valence-electron chi connectivity index (χ4n) is 3.53. The second-order valence-corrected chi connectivity index (χ2v) is 7.52. The molecule has 0 radical (unpaired) electrons. The molecule has 2 atom stereocenters. The van der Waals surface area contributed by atoms with Crippen molar-refractivity contribution in [2.45, 2.75) is 57.7 Å². The van der Waals surface area contributed by atoms with E-state index in [0.29, 0.717) is 5.56 Å². The van der Waals surface area contributed by atoms with Gasteiger partial charge in [0.1, 0.15) is 17.5 Å².